The van der Waals surface area contributed by atoms with E-state index in [0.717, 1.165) is 18.2 Å². The van der Waals surface area contributed by atoms with Gasteiger partial charge in [0, 0.05) is 56.6 Å². The van der Waals surface area contributed by atoms with E-state index in [1.807, 2.05) is 0 Å². The molecule has 308 valence electrons. The Kier molecular flexibility index (Phi) is 9.40. The lowest BCUT2D eigenvalue weighted by Gasteiger charge is -2.32. The SMILES string of the molecule is FC1=C(F)C(F)(OB(OC2(F)C(F)=C(F)c3c2ccc(-c2cc(F)cc(F)c2F)c3F)OC2(F)C(F)=C(F)c3c2ccc(-c2cc(F)cc(F)c2F)c3F)c2ccccc21. The summed E-state index contributed by atoms with van der Waals surface area (Å²) in [6.07, 6.45) is 0. The van der Waals surface area contributed by atoms with Crippen molar-refractivity contribution in [3.8, 4) is 22.3 Å². The Morgan fingerprint density at radius 1 is 0.367 bits per heavy atom. The van der Waals surface area contributed by atoms with E-state index in [-0.39, 0.29) is 36.4 Å². The summed E-state index contributed by atoms with van der Waals surface area (Å²) in [5, 5.41) is 0. The zero-order valence-electron chi connectivity index (χ0n) is 28.7. The molecule has 8 rings (SSSR count). The molecule has 21 heteroatoms. The van der Waals surface area contributed by atoms with E-state index in [4.69, 9.17) is 0 Å². The topological polar surface area (TPSA) is 27.7 Å². The van der Waals surface area contributed by atoms with Crippen molar-refractivity contribution < 1.29 is 88.6 Å². The first-order valence-electron chi connectivity index (χ1n) is 16.5. The molecule has 60 heavy (non-hydrogen) atoms. The van der Waals surface area contributed by atoms with E-state index < -0.39 is 162 Å². The van der Waals surface area contributed by atoms with E-state index in [0.29, 0.717) is 18.2 Å². The van der Waals surface area contributed by atoms with Gasteiger partial charge in [0.2, 0.25) is 17.5 Å². The molecule has 0 heterocycles. The van der Waals surface area contributed by atoms with Gasteiger partial charge in [0.25, 0.3) is 17.6 Å². The van der Waals surface area contributed by atoms with Crippen LogP contribution in [-0.2, 0) is 31.5 Å². The van der Waals surface area contributed by atoms with E-state index in [1.165, 1.54) is 0 Å². The molecule has 3 unspecified atom stereocenters. The van der Waals surface area contributed by atoms with Crippen molar-refractivity contribution in [3.63, 3.8) is 0 Å². The summed E-state index contributed by atoms with van der Waals surface area (Å²) in [6, 6.07) is 4.76. The smallest absolute Gasteiger partial charge is 0.344 e. The number of hydrogen-bond donors (Lipinski definition) is 0. The highest BCUT2D eigenvalue weighted by Crippen LogP contribution is 2.57. The third-order valence-corrected chi connectivity index (χ3v) is 9.69. The highest BCUT2D eigenvalue weighted by atomic mass is 19.2. The van der Waals surface area contributed by atoms with Crippen LogP contribution in [0, 0.1) is 46.5 Å². The van der Waals surface area contributed by atoms with Crippen LogP contribution in [0.3, 0.4) is 0 Å². The summed E-state index contributed by atoms with van der Waals surface area (Å²) in [5.74, 6) is -44.5. The Morgan fingerprint density at radius 3 is 1.18 bits per heavy atom. The van der Waals surface area contributed by atoms with Crippen LogP contribution >= 0.6 is 0 Å². The molecule has 0 aliphatic heterocycles. The standard InChI is InChI=1S/C39H12BF17O3/c41-13-9-18(27(45)23(43)11-13)15-5-7-21-25(29(15)47)32(50)35(53)38(21,56)59-40(58-37(55)20-4-2-1-3-17(20)31(49)34(37)52)60-39(57)22-8-6-16(30(48)26(22)33(51)36(39)54)19-10-14(42)12-24(44)28(19)46/h1-12H. The maximum atomic E-state index is 16.9. The summed E-state index contributed by atoms with van der Waals surface area (Å²) >= 11 is 0. The minimum absolute atomic E-state index is 0.0258. The number of hydrogen-bond acceptors (Lipinski definition) is 3. The number of alkyl halides is 3. The predicted octanol–water partition coefficient (Wildman–Crippen LogP) is 12.8. The van der Waals surface area contributed by atoms with Gasteiger partial charge >= 0.3 is 7.32 Å². The molecular weight excluding hydrogens is 850 g/mol. The van der Waals surface area contributed by atoms with Gasteiger partial charge < -0.3 is 14.0 Å². The van der Waals surface area contributed by atoms with Gasteiger partial charge in [-0.1, -0.05) is 48.5 Å². The Balaban J connectivity index is 1.26. The molecule has 5 aromatic rings. The quantitative estimate of drug-likeness (QED) is 0.0884. The van der Waals surface area contributed by atoms with Crippen LogP contribution in [0.4, 0.5) is 74.6 Å². The van der Waals surface area contributed by atoms with Gasteiger partial charge in [-0.2, -0.15) is 13.2 Å². The van der Waals surface area contributed by atoms with E-state index in [2.05, 4.69) is 14.0 Å². The minimum Gasteiger partial charge on any atom is -0.344 e. The molecule has 0 bridgehead atoms. The first kappa shape index (κ1) is 40.8. The van der Waals surface area contributed by atoms with E-state index >= 15 is 43.9 Å². The predicted molar refractivity (Wildman–Crippen MR) is 175 cm³/mol. The fourth-order valence-corrected chi connectivity index (χ4v) is 6.92. The fraction of sp³-hybridized carbons (Fsp3) is 0.0769. The molecule has 3 nitrogen and oxygen atoms in total. The molecule has 0 spiro atoms. The van der Waals surface area contributed by atoms with Crippen molar-refractivity contribution in [2.24, 2.45) is 0 Å². The van der Waals surface area contributed by atoms with Gasteiger partial charge in [0.15, 0.2) is 40.7 Å². The molecule has 0 radical (unpaired) electrons. The van der Waals surface area contributed by atoms with E-state index in [1.54, 1.807) is 0 Å². The zero-order valence-corrected chi connectivity index (χ0v) is 28.7. The summed E-state index contributed by atoms with van der Waals surface area (Å²) in [6.45, 7) is 0. The molecule has 5 aromatic carbocycles. The van der Waals surface area contributed by atoms with Gasteiger partial charge in [-0.25, -0.2) is 61.5 Å². The van der Waals surface area contributed by atoms with Gasteiger partial charge in [0.05, 0.1) is 11.1 Å². The Morgan fingerprint density at radius 2 is 0.750 bits per heavy atom. The van der Waals surface area contributed by atoms with Gasteiger partial charge in [-0.3, -0.25) is 0 Å². The molecule has 3 atom stereocenters. The van der Waals surface area contributed by atoms with Crippen molar-refractivity contribution in [2.75, 3.05) is 0 Å². The molecular formula is C39H12BF17O3. The van der Waals surface area contributed by atoms with Crippen LogP contribution in [0.15, 0.2) is 90.3 Å². The van der Waals surface area contributed by atoms with Gasteiger partial charge in [-0.05, 0) is 12.1 Å². The molecule has 0 amide bonds. The summed E-state index contributed by atoms with van der Waals surface area (Å²) < 4.78 is 273. The molecule has 0 saturated heterocycles. The van der Waals surface area contributed by atoms with Crippen LogP contribution in [0.1, 0.15) is 33.4 Å². The molecule has 0 fully saturated rings. The van der Waals surface area contributed by atoms with Gasteiger partial charge in [-0.15, -0.1) is 0 Å². The van der Waals surface area contributed by atoms with Crippen molar-refractivity contribution >= 4 is 24.8 Å². The molecule has 3 aliphatic rings. The lowest BCUT2D eigenvalue weighted by Crippen LogP contribution is -2.46. The molecule has 0 N–H and O–H groups in total. The average Bonchev–Trinajstić information content (AvgIpc) is 3.60. The number of benzene rings is 5. The van der Waals surface area contributed by atoms with Gasteiger partial charge in [0.1, 0.15) is 23.3 Å². The lowest BCUT2D eigenvalue weighted by molar-refractivity contribution is -0.176. The monoisotopic (exact) mass is 862 g/mol. The molecule has 3 aliphatic carbocycles. The van der Waals surface area contributed by atoms with Crippen molar-refractivity contribution in [1.29, 1.82) is 0 Å². The summed E-state index contributed by atoms with van der Waals surface area (Å²) in [7, 11) is -3.96. The zero-order chi connectivity index (χ0) is 43.5. The third kappa shape index (κ3) is 5.72. The number of fused-ring (bicyclic) bond motifs is 3. The Bertz CT molecular complexity index is 2680. The molecule has 0 saturated carbocycles. The number of halogens is 17. The second kappa shape index (κ2) is 13.8. The first-order chi connectivity index (χ1) is 28.1. The summed E-state index contributed by atoms with van der Waals surface area (Å²) in [5.41, 5.74) is -14.1. The van der Waals surface area contributed by atoms with E-state index in [9.17, 15) is 30.7 Å². The van der Waals surface area contributed by atoms with Crippen molar-refractivity contribution in [2.45, 2.75) is 17.6 Å². The highest BCUT2D eigenvalue weighted by Gasteiger charge is 2.62. The largest absolute Gasteiger partial charge is 0.648 e. The van der Waals surface area contributed by atoms with Crippen molar-refractivity contribution in [3.05, 3.63) is 170 Å². The number of rotatable bonds is 8. The first-order valence-corrected chi connectivity index (χ1v) is 16.5. The maximum Gasteiger partial charge on any atom is 0.648 e. The normalized spacial score (nSPS) is 21.9. The third-order valence-electron chi connectivity index (χ3n) is 9.69. The molecule has 0 aromatic heterocycles. The van der Waals surface area contributed by atoms with Crippen LogP contribution in [0.2, 0.25) is 0 Å². The second-order valence-electron chi connectivity index (χ2n) is 13.1. The Hall–Kier alpha value is -5.93. The average molecular weight is 862 g/mol. The Labute approximate surface area is 323 Å². The van der Waals surface area contributed by atoms with Crippen molar-refractivity contribution in [1.82, 2.24) is 0 Å². The minimum atomic E-state index is -4.80. The van der Waals surface area contributed by atoms with Crippen LogP contribution < -0.4 is 0 Å². The highest BCUT2D eigenvalue weighted by molar-refractivity contribution is 6.37. The van der Waals surface area contributed by atoms with Crippen LogP contribution in [0.5, 0.6) is 0 Å². The van der Waals surface area contributed by atoms with Crippen LogP contribution in [0.25, 0.3) is 39.7 Å². The second-order valence-corrected chi connectivity index (χ2v) is 13.1. The summed E-state index contributed by atoms with van der Waals surface area (Å²) in [4.78, 5) is 0. The van der Waals surface area contributed by atoms with Crippen LogP contribution in [-0.4, -0.2) is 7.32 Å². The fourth-order valence-electron chi connectivity index (χ4n) is 6.92. The maximum absolute atomic E-state index is 16.9. The lowest BCUT2D eigenvalue weighted by atomic mass is 9.96.